The van der Waals surface area contributed by atoms with Crippen LogP contribution in [0.25, 0.3) is 0 Å². The molecule has 0 aliphatic carbocycles. The Morgan fingerprint density at radius 2 is 2.11 bits per heavy atom. The van der Waals surface area contributed by atoms with Gasteiger partial charge in [0.15, 0.2) is 5.17 Å². The fourth-order valence-electron chi connectivity index (χ4n) is 2.38. The molecule has 0 radical (unpaired) electrons. The van der Waals surface area contributed by atoms with Gasteiger partial charge in [-0.2, -0.15) is 0 Å². The molecule has 0 spiro atoms. The van der Waals surface area contributed by atoms with Crippen LogP contribution < -0.4 is 0 Å². The Labute approximate surface area is 119 Å². The molecule has 1 unspecified atom stereocenters. The number of piperazine rings is 1. The highest BCUT2D eigenvalue weighted by molar-refractivity contribution is 8.14. The smallest absolute Gasteiger partial charge is 0.249 e. The fourth-order valence-corrected chi connectivity index (χ4v) is 3.37. The number of hydrogen-bond acceptors (Lipinski definition) is 4. The fraction of sp³-hybridized carbons (Fsp3) is 0.714. The maximum atomic E-state index is 12.2. The van der Waals surface area contributed by atoms with Gasteiger partial charge < -0.3 is 9.80 Å². The number of amidine groups is 1. The van der Waals surface area contributed by atoms with E-state index in [9.17, 15) is 4.79 Å². The summed E-state index contributed by atoms with van der Waals surface area (Å²) in [5.74, 6) is 0.191. The number of allylic oxidation sites excluding steroid dienone is 1. The summed E-state index contributed by atoms with van der Waals surface area (Å²) in [6.07, 6.45) is 2.93. The van der Waals surface area contributed by atoms with E-state index in [4.69, 9.17) is 0 Å². The van der Waals surface area contributed by atoms with Gasteiger partial charge in [-0.3, -0.25) is 9.79 Å². The number of carbonyl (C=O) groups is 1. The zero-order valence-electron chi connectivity index (χ0n) is 12.1. The number of hydrogen-bond donors (Lipinski definition) is 0. The molecular formula is C14H23N3OS. The van der Waals surface area contributed by atoms with E-state index >= 15 is 0 Å². The summed E-state index contributed by atoms with van der Waals surface area (Å²) in [7, 11) is 0. The largest absolute Gasteiger partial charge is 0.348 e. The van der Waals surface area contributed by atoms with E-state index in [2.05, 4.69) is 23.7 Å². The molecule has 2 rings (SSSR count). The molecule has 0 aromatic heterocycles. The van der Waals surface area contributed by atoms with Crippen LogP contribution in [0.2, 0.25) is 0 Å². The van der Waals surface area contributed by atoms with E-state index in [-0.39, 0.29) is 5.91 Å². The van der Waals surface area contributed by atoms with Crippen LogP contribution in [-0.4, -0.2) is 58.8 Å². The minimum atomic E-state index is 0.191. The van der Waals surface area contributed by atoms with Crippen LogP contribution in [0.1, 0.15) is 27.2 Å². The minimum Gasteiger partial charge on any atom is -0.348 e. The van der Waals surface area contributed by atoms with Gasteiger partial charge in [-0.05, 0) is 13.3 Å². The molecule has 1 atom stereocenters. The highest BCUT2D eigenvalue weighted by atomic mass is 32.2. The number of nitrogens with zero attached hydrogens (tertiary/aromatic N) is 3. The first-order valence-electron chi connectivity index (χ1n) is 7.04. The number of thioether (sulfide) groups is 1. The molecule has 106 valence electrons. The third kappa shape index (κ3) is 3.53. The molecule has 19 heavy (non-hydrogen) atoms. The summed E-state index contributed by atoms with van der Waals surface area (Å²) in [6, 6.07) is 0. The maximum Gasteiger partial charge on any atom is 0.249 e. The summed E-state index contributed by atoms with van der Waals surface area (Å²) in [5, 5.41) is 1.77. The molecule has 2 aliphatic rings. The van der Waals surface area contributed by atoms with Crippen molar-refractivity contribution in [3.8, 4) is 0 Å². The van der Waals surface area contributed by atoms with E-state index in [1.165, 1.54) is 5.17 Å². The van der Waals surface area contributed by atoms with E-state index in [0.717, 1.165) is 44.7 Å². The second-order valence-electron chi connectivity index (χ2n) is 5.13. The van der Waals surface area contributed by atoms with Crippen molar-refractivity contribution in [1.29, 1.82) is 0 Å². The zero-order chi connectivity index (χ0) is 13.8. The number of carbonyl (C=O) groups excluding carboxylic acids is 1. The summed E-state index contributed by atoms with van der Waals surface area (Å²) < 4.78 is 0. The summed E-state index contributed by atoms with van der Waals surface area (Å²) >= 11 is 1.86. The lowest BCUT2D eigenvalue weighted by atomic mass is 10.2. The van der Waals surface area contributed by atoms with Crippen LogP contribution in [0.4, 0.5) is 0 Å². The van der Waals surface area contributed by atoms with Crippen molar-refractivity contribution < 1.29 is 4.79 Å². The van der Waals surface area contributed by atoms with E-state index in [1.807, 2.05) is 29.7 Å². The van der Waals surface area contributed by atoms with Crippen molar-refractivity contribution in [2.75, 3.05) is 32.7 Å². The first kappa shape index (κ1) is 14.4. The van der Waals surface area contributed by atoms with Crippen LogP contribution in [-0.2, 0) is 4.79 Å². The SMILES string of the molecule is CC/C=C(\C)C(=O)N1CCN(C2=NCC(C)S2)CC1. The summed E-state index contributed by atoms with van der Waals surface area (Å²) in [5.41, 5.74) is 0.872. The average molecular weight is 281 g/mol. The first-order chi connectivity index (χ1) is 9.11. The quantitative estimate of drug-likeness (QED) is 0.726. The average Bonchev–Trinajstić information content (AvgIpc) is 2.85. The van der Waals surface area contributed by atoms with Crippen molar-refractivity contribution in [3.63, 3.8) is 0 Å². The van der Waals surface area contributed by atoms with Crippen LogP contribution in [0.15, 0.2) is 16.6 Å². The van der Waals surface area contributed by atoms with Gasteiger partial charge in [-0.1, -0.05) is 31.7 Å². The standard InChI is InChI=1S/C14H23N3OS/c1-4-5-11(2)13(18)16-6-8-17(9-7-16)14-15-10-12(3)19-14/h5,12H,4,6-10H2,1-3H3/b11-5+. The minimum absolute atomic E-state index is 0.191. The van der Waals surface area contributed by atoms with Gasteiger partial charge in [0, 0.05) is 37.0 Å². The van der Waals surface area contributed by atoms with Crippen molar-refractivity contribution in [2.24, 2.45) is 4.99 Å². The van der Waals surface area contributed by atoms with Crippen molar-refractivity contribution >= 4 is 22.8 Å². The van der Waals surface area contributed by atoms with Gasteiger partial charge >= 0.3 is 0 Å². The molecular weight excluding hydrogens is 258 g/mol. The molecule has 1 fully saturated rings. The van der Waals surface area contributed by atoms with Gasteiger partial charge in [0.25, 0.3) is 0 Å². The second kappa shape index (κ2) is 6.46. The highest BCUT2D eigenvalue weighted by Gasteiger charge is 2.26. The Morgan fingerprint density at radius 1 is 1.42 bits per heavy atom. The number of amides is 1. The van der Waals surface area contributed by atoms with Crippen molar-refractivity contribution in [3.05, 3.63) is 11.6 Å². The van der Waals surface area contributed by atoms with Gasteiger partial charge in [0.2, 0.25) is 5.91 Å². The van der Waals surface area contributed by atoms with Gasteiger partial charge in [-0.15, -0.1) is 0 Å². The molecule has 0 aromatic rings. The predicted octanol–water partition coefficient (Wildman–Crippen LogP) is 1.98. The van der Waals surface area contributed by atoms with Crippen LogP contribution in [0.5, 0.6) is 0 Å². The van der Waals surface area contributed by atoms with Crippen LogP contribution in [0, 0.1) is 0 Å². The molecule has 1 amide bonds. The highest BCUT2D eigenvalue weighted by Crippen LogP contribution is 2.23. The monoisotopic (exact) mass is 281 g/mol. The molecule has 4 nitrogen and oxygen atoms in total. The van der Waals surface area contributed by atoms with E-state index in [1.54, 1.807) is 0 Å². The molecule has 2 aliphatic heterocycles. The van der Waals surface area contributed by atoms with Crippen LogP contribution in [0.3, 0.4) is 0 Å². The lowest BCUT2D eigenvalue weighted by Gasteiger charge is -2.35. The van der Waals surface area contributed by atoms with Crippen LogP contribution >= 0.6 is 11.8 Å². The first-order valence-corrected chi connectivity index (χ1v) is 7.92. The molecule has 0 aromatic carbocycles. The third-order valence-electron chi connectivity index (χ3n) is 3.48. The Hall–Kier alpha value is -0.970. The third-order valence-corrected chi connectivity index (χ3v) is 4.62. The van der Waals surface area contributed by atoms with E-state index < -0.39 is 0 Å². The molecule has 0 bridgehead atoms. The Morgan fingerprint density at radius 3 is 2.63 bits per heavy atom. The normalized spacial score (nSPS) is 24.7. The number of rotatable bonds is 2. The molecule has 0 N–H and O–H groups in total. The molecule has 2 heterocycles. The zero-order valence-corrected chi connectivity index (χ0v) is 12.9. The Kier molecular flexibility index (Phi) is 4.91. The Bertz CT molecular complexity index is 397. The molecule has 1 saturated heterocycles. The van der Waals surface area contributed by atoms with Gasteiger partial charge in [0.1, 0.15) is 0 Å². The second-order valence-corrected chi connectivity index (χ2v) is 6.53. The number of aliphatic imine (C=N–C) groups is 1. The lowest BCUT2D eigenvalue weighted by Crippen LogP contribution is -2.50. The summed E-state index contributed by atoms with van der Waals surface area (Å²) in [6.45, 7) is 10.5. The summed E-state index contributed by atoms with van der Waals surface area (Å²) in [4.78, 5) is 21.0. The van der Waals surface area contributed by atoms with Gasteiger partial charge in [-0.25, -0.2) is 0 Å². The molecule has 0 saturated carbocycles. The van der Waals surface area contributed by atoms with Crippen molar-refractivity contribution in [2.45, 2.75) is 32.4 Å². The lowest BCUT2D eigenvalue weighted by molar-refractivity contribution is -0.128. The Balaban J connectivity index is 1.86. The van der Waals surface area contributed by atoms with E-state index in [0.29, 0.717) is 5.25 Å². The molecule has 5 heteroatoms. The van der Waals surface area contributed by atoms with Gasteiger partial charge in [0.05, 0.1) is 6.54 Å². The topological polar surface area (TPSA) is 35.9 Å². The maximum absolute atomic E-state index is 12.2. The van der Waals surface area contributed by atoms with Crippen molar-refractivity contribution in [1.82, 2.24) is 9.80 Å². The predicted molar refractivity (Wildman–Crippen MR) is 81.6 cm³/mol.